The van der Waals surface area contributed by atoms with Crippen molar-refractivity contribution in [1.82, 2.24) is 0 Å². The second kappa shape index (κ2) is 5.82. The minimum atomic E-state index is -0.893. The summed E-state index contributed by atoms with van der Waals surface area (Å²) in [5, 5.41) is 19.7. The van der Waals surface area contributed by atoms with Crippen molar-refractivity contribution in [1.29, 1.82) is 0 Å². The molecule has 2 rings (SSSR count). The van der Waals surface area contributed by atoms with Gasteiger partial charge in [0.2, 0.25) is 0 Å². The highest BCUT2D eigenvalue weighted by atomic mass is 19.1. The maximum atomic E-state index is 13.1. The first-order valence-electron chi connectivity index (χ1n) is 6.04. The molecular formula is C15H16FNO2. The summed E-state index contributed by atoms with van der Waals surface area (Å²) >= 11 is 0. The molecule has 0 heterocycles. The Labute approximate surface area is 111 Å². The van der Waals surface area contributed by atoms with Gasteiger partial charge < -0.3 is 15.9 Å². The average Bonchev–Trinajstić information content (AvgIpc) is 2.42. The highest BCUT2D eigenvalue weighted by Gasteiger charge is 2.20. The fourth-order valence-corrected chi connectivity index (χ4v) is 1.98. The molecule has 2 aromatic rings. The number of hydrogen-bond donors (Lipinski definition) is 3. The Morgan fingerprint density at radius 1 is 1.11 bits per heavy atom. The molecular weight excluding hydrogens is 245 g/mol. The van der Waals surface area contributed by atoms with E-state index in [4.69, 9.17) is 5.73 Å². The normalized spacial score (nSPS) is 14.1. The summed E-state index contributed by atoms with van der Waals surface area (Å²) in [5.74, 6) is -0.601. The molecule has 0 amide bonds. The van der Waals surface area contributed by atoms with E-state index in [1.54, 1.807) is 0 Å². The summed E-state index contributed by atoms with van der Waals surface area (Å²) in [5.41, 5.74) is 7.02. The Balaban J connectivity index is 2.14. The van der Waals surface area contributed by atoms with Crippen molar-refractivity contribution in [2.24, 2.45) is 5.73 Å². The van der Waals surface area contributed by atoms with Crippen molar-refractivity contribution in [2.45, 2.75) is 18.6 Å². The van der Waals surface area contributed by atoms with Crippen LogP contribution in [0.4, 0.5) is 4.39 Å². The van der Waals surface area contributed by atoms with Gasteiger partial charge in [-0.2, -0.15) is 0 Å². The van der Waals surface area contributed by atoms with Crippen LogP contribution in [-0.4, -0.2) is 16.3 Å². The van der Waals surface area contributed by atoms with E-state index < -0.39 is 18.0 Å². The minimum Gasteiger partial charge on any atom is -0.508 e. The van der Waals surface area contributed by atoms with Crippen LogP contribution in [0.3, 0.4) is 0 Å². The molecule has 0 radical (unpaired) electrons. The van der Waals surface area contributed by atoms with Crippen LogP contribution in [-0.2, 0) is 6.42 Å². The van der Waals surface area contributed by atoms with E-state index in [0.29, 0.717) is 6.42 Å². The Hall–Kier alpha value is -1.91. The second-order valence-corrected chi connectivity index (χ2v) is 4.49. The van der Waals surface area contributed by atoms with Gasteiger partial charge in [-0.3, -0.25) is 0 Å². The van der Waals surface area contributed by atoms with Gasteiger partial charge in [0, 0.05) is 12.0 Å². The molecule has 0 aliphatic rings. The zero-order chi connectivity index (χ0) is 13.8. The summed E-state index contributed by atoms with van der Waals surface area (Å²) in [4.78, 5) is 0. The number of phenolic OH excluding ortho intramolecular Hbond substituents is 1. The van der Waals surface area contributed by atoms with Crippen LogP contribution in [0.25, 0.3) is 0 Å². The molecule has 3 nitrogen and oxygen atoms in total. The number of aromatic hydroxyl groups is 1. The molecule has 0 saturated heterocycles. The number of halogens is 1. The van der Waals surface area contributed by atoms with Crippen molar-refractivity contribution in [3.63, 3.8) is 0 Å². The standard InChI is InChI=1S/C15H16FNO2/c16-11-6-7-13(18)12(9-11)15(17)14(19)8-10-4-2-1-3-5-10/h1-7,9,14-15,18-19H,8,17H2/t14-,15+/m0/s1. The number of rotatable bonds is 4. The monoisotopic (exact) mass is 261 g/mol. The Bertz CT molecular complexity index is 545. The first kappa shape index (κ1) is 13.5. The molecule has 0 bridgehead atoms. The van der Waals surface area contributed by atoms with Crippen LogP contribution in [0.1, 0.15) is 17.2 Å². The molecule has 0 aromatic heterocycles. The summed E-state index contributed by atoms with van der Waals surface area (Å²) in [6.45, 7) is 0. The number of benzene rings is 2. The molecule has 100 valence electrons. The van der Waals surface area contributed by atoms with Gasteiger partial charge >= 0.3 is 0 Å². The SMILES string of the molecule is N[C@H](c1cc(F)ccc1O)[C@@H](O)Cc1ccccc1. The molecule has 0 unspecified atom stereocenters. The summed E-state index contributed by atoms with van der Waals surface area (Å²) in [7, 11) is 0. The third kappa shape index (κ3) is 3.30. The number of hydrogen-bond acceptors (Lipinski definition) is 3. The first-order chi connectivity index (χ1) is 9.08. The van der Waals surface area contributed by atoms with Crippen LogP contribution < -0.4 is 5.73 Å². The summed E-state index contributed by atoms with van der Waals surface area (Å²) < 4.78 is 13.1. The quantitative estimate of drug-likeness (QED) is 0.790. The molecule has 19 heavy (non-hydrogen) atoms. The van der Waals surface area contributed by atoms with Gasteiger partial charge in [-0.1, -0.05) is 30.3 Å². The fraction of sp³-hybridized carbons (Fsp3) is 0.200. The fourth-order valence-electron chi connectivity index (χ4n) is 1.98. The van der Waals surface area contributed by atoms with Crippen molar-refractivity contribution in [2.75, 3.05) is 0 Å². The lowest BCUT2D eigenvalue weighted by Crippen LogP contribution is -2.28. The van der Waals surface area contributed by atoms with Gasteiger partial charge in [0.05, 0.1) is 12.1 Å². The topological polar surface area (TPSA) is 66.5 Å². The molecule has 2 aromatic carbocycles. The third-order valence-electron chi connectivity index (χ3n) is 3.05. The van der Waals surface area contributed by atoms with E-state index in [1.807, 2.05) is 30.3 Å². The maximum absolute atomic E-state index is 13.1. The van der Waals surface area contributed by atoms with E-state index >= 15 is 0 Å². The number of aliphatic hydroxyl groups excluding tert-OH is 1. The highest BCUT2D eigenvalue weighted by Crippen LogP contribution is 2.26. The Morgan fingerprint density at radius 3 is 2.47 bits per heavy atom. The van der Waals surface area contributed by atoms with Crippen LogP contribution in [0.2, 0.25) is 0 Å². The molecule has 0 aliphatic heterocycles. The minimum absolute atomic E-state index is 0.110. The third-order valence-corrected chi connectivity index (χ3v) is 3.05. The van der Waals surface area contributed by atoms with Crippen molar-refractivity contribution in [3.8, 4) is 5.75 Å². The van der Waals surface area contributed by atoms with Crippen LogP contribution in [0, 0.1) is 5.82 Å². The lowest BCUT2D eigenvalue weighted by Gasteiger charge is -2.20. The van der Waals surface area contributed by atoms with Crippen LogP contribution in [0.15, 0.2) is 48.5 Å². The van der Waals surface area contributed by atoms with Gasteiger partial charge in [0.1, 0.15) is 11.6 Å². The maximum Gasteiger partial charge on any atom is 0.123 e. The highest BCUT2D eigenvalue weighted by molar-refractivity contribution is 5.36. The predicted molar refractivity (Wildman–Crippen MR) is 71.1 cm³/mol. The van der Waals surface area contributed by atoms with Crippen molar-refractivity contribution >= 4 is 0 Å². The van der Waals surface area contributed by atoms with Crippen molar-refractivity contribution < 1.29 is 14.6 Å². The molecule has 4 heteroatoms. The molecule has 0 aliphatic carbocycles. The molecule has 4 N–H and O–H groups in total. The smallest absolute Gasteiger partial charge is 0.123 e. The van der Waals surface area contributed by atoms with Crippen LogP contribution >= 0.6 is 0 Å². The average molecular weight is 261 g/mol. The Kier molecular flexibility index (Phi) is 4.14. The van der Waals surface area contributed by atoms with Crippen molar-refractivity contribution in [3.05, 3.63) is 65.5 Å². The Morgan fingerprint density at radius 2 is 1.79 bits per heavy atom. The first-order valence-corrected chi connectivity index (χ1v) is 6.04. The number of phenols is 1. The zero-order valence-electron chi connectivity index (χ0n) is 10.3. The molecule has 0 spiro atoms. The zero-order valence-corrected chi connectivity index (χ0v) is 10.3. The van der Waals surface area contributed by atoms with Gasteiger partial charge in [-0.15, -0.1) is 0 Å². The lowest BCUT2D eigenvalue weighted by molar-refractivity contribution is 0.143. The van der Waals surface area contributed by atoms with E-state index in [1.165, 1.54) is 6.07 Å². The van der Waals surface area contributed by atoms with E-state index in [-0.39, 0.29) is 11.3 Å². The summed E-state index contributed by atoms with van der Waals surface area (Å²) in [6.07, 6.45) is -0.548. The van der Waals surface area contributed by atoms with E-state index in [2.05, 4.69) is 0 Å². The van der Waals surface area contributed by atoms with Gasteiger partial charge in [0.15, 0.2) is 0 Å². The van der Waals surface area contributed by atoms with Gasteiger partial charge in [-0.25, -0.2) is 4.39 Å². The largest absolute Gasteiger partial charge is 0.508 e. The summed E-state index contributed by atoms with van der Waals surface area (Å²) in [6, 6.07) is 12.1. The van der Waals surface area contributed by atoms with Crippen LogP contribution in [0.5, 0.6) is 5.75 Å². The second-order valence-electron chi connectivity index (χ2n) is 4.49. The molecule has 0 saturated carbocycles. The van der Waals surface area contributed by atoms with Gasteiger partial charge in [-0.05, 0) is 23.8 Å². The van der Waals surface area contributed by atoms with E-state index in [9.17, 15) is 14.6 Å². The van der Waals surface area contributed by atoms with Gasteiger partial charge in [0.25, 0.3) is 0 Å². The number of nitrogens with two attached hydrogens (primary N) is 1. The number of aliphatic hydroxyl groups is 1. The van der Waals surface area contributed by atoms with E-state index in [0.717, 1.165) is 17.7 Å². The molecule has 2 atom stereocenters. The predicted octanol–water partition coefficient (Wildman–Crippen LogP) is 2.13. The molecule has 0 fully saturated rings. The lowest BCUT2D eigenvalue weighted by atomic mass is 9.96.